The molecule has 1 aromatic carbocycles. The van der Waals surface area contributed by atoms with Crippen LogP contribution in [0.1, 0.15) is 37.4 Å². The first kappa shape index (κ1) is 13.3. The van der Waals surface area contributed by atoms with Gasteiger partial charge >= 0.3 is 0 Å². The first-order valence-corrected chi connectivity index (χ1v) is 7.97. The number of aromatic nitrogens is 2. The van der Waals surface area contributed by atoms with E-state index in [1.54, 1.807) is 0 Å². The zero-order chi connectivity index (χ0) is 13.4. The van der Waals surface area contributed by atoms with Crippen molar-refractivity contribution in [2.45, 2.75) is 31.6 Å². The van der Waals surface area contributed by atoms with Gasteiger partial charge in [-0.1, -0.05) is 15.9 Å². The fourth-order valence-corrected chi connectivity index (χ4v) is 3.18. The number of benzene rings is 1. The summed E-state index contributed by atoms with van der Waals surface area (Å²) >= 11 is 9.86. The van der Waals surface area contributed by atoms with Gasteiger partial charge in [0.05, 0.1) is 16.4 Å². The van der Waals surface area contributed by atoms with E-state index in [2.05, 4.69) is 31.7 Å². The largest absolute Gasteiger partial charge is 0.311 e. The fourth-order valence-electron chi connectivity index (χ4n) is 2.69. The summed E-state index contributed by atoms with van der Waals surface area (Å²) in [5.41, 5.74) is 2.15. The van der Waals surface area contributed by atoms with E-state index >= 15 is 0 Å². The van der Waals surface area contributed by atoms with E-state index < -0.39 is 0 Å². The molecule has 1 aliphatic rings. The maximum absolute atomic E-state index is 6.32. The van der Waals surface area contributed by atoms with Crippen LogP contribution in [0.15, 0.2) is 22.7 Å². The normalized spacial score (nSPS) is 17.9. The van der Waals surface area contributed by atoms with Crippen molar-refractivity contribution in [3.05, 3.63) is 28.5 Å². The Bertz CT molecular complexity index is 588. The molecule has 1 aromatic heterocycles. The molecule has 2 aromatic rings. The van der Waals surface area contributed by atoms with E-state index in [0.29, 0.717) is 0 Å². The number of rotatable bonds is 2. The molecule has 102 valence electrons. The van der Waals surface area contributed by atoms with Gasteiger partial charge in [0.1, 0.15) is 5.82 Å². The van der Waals surface area contributed by atoms with Gasteiger partial charge < -0.3 is 5.01 Å². The number of alkyl halides is 1. The number of imidazole rings is 1. The third-order valence-electron chi connectivity index (χ3n) is 3.59. The van der Waals surface area contributed by atoms with Gasteiger partial charge in [-0.3, -0.25) is 0 Å². The smallest absolute Gasteiger partial charge is 0.146 e. The van der Waals surface area contributed by atoms with E-state index in [0.717, 1.165) is 34.4 Å². The predicted octanol–water partition coefficient (Wildman–Crippen LogP) is 4.22. The second-order valence-electron chi connectivity index (χ2n) is 5.05. The summed E-state index contributed by atoms with van der Waals surface area (Å²) in [6.07, 6.45) is 3.80. The second-order valence-corrected chi connectivity index (χ2v) is 6.62. The van der Waals surface area contributed by atoms with Gasteiger partial charge in [0.2, 0.25) is 0 Å². The Hall–Kier alpha value is -0.740. The molecule has 1 atom stereocenters. The molecule has 1 unspecified atom stereocenters. The highest BCUT2D eigenvalue weighted by Crippen LogP contribution is 2.28. The van der Waals surface area contributed by atoms with Crippen molar-refractivity contribution in [3.8, 4) is 0 Å². The zero-order valence-corrected chi connectivity index (χ0v) is 13.3. The number of hydrogen-bond acceptors (Lipinski definition) is 2. The molecule has 1 saturated heterocycles. The number of nitrogens with zero attached hydrogens (tertiary/aromatic N) is 3. The predicted molar refractivity (Wildman–Crippen MR) is 83.5 cm³/mol. The highest BCUT2D eigenvalue weighted by atomic mass is 79.9. The van der Waals surface area contributed by atoms with Crippen LogP contribution in [-0.4, -0.2) is 22.7 Å². The molecule has 0 aliphatic carbocycles. The van der Waals surface area contributed by atoms with Gasteiger partial charge in [-0.2, -0.15) is 0 Å². The monoisotopic (exact) mass is 341 g/mol. The summed E-state index contributed by atoms with van der Waals surface area (Å²) in [5, 5.41) is 2.28. The Morgan fingerprint density at radius 2 is 2.00 bits per heavy atom. The van der Waals surface area contributed by atoms with Crippen molar-refractivity contribution in [2.24, 2.45) is 0 Å². The van der Waals surface area contributed by atoms with E-state index in [4.69, 9.17) is 16.6 Å². The zero-order valence-electron chi connectivity index (χ0n) is 10.9. The maximum Gasteiger partial charge on any atom is 0.146 e. The molecule has 0 saturated carbocycles. The van der Waals surface area contributed by atoms with E-state index in [1.165, 1.54) is 19.3 Å². The lowest BCUT2D eigenvalue weighted by molar-refractivity contribution is 0.475. The third-order valence-corrected chi connectivity index (χ3v) is 4.28. The van der Waals surface area contributed by atoms with Crippen molar-refractivity contribution in [3.63, 3.8) is 0 Å². The van der Waals surface area contributed by atoms with Gasteiger partial charge in [0, 0.05) is 17.6 Å². The van der Waals surface area contributed by atoms with Crippen LogP contribution in [0.3, 0.4) is 0 Å². The van der Waals surface area contributed by atoms with Gasteiger partial charge in [-0.15, -0.1) is 11.6 Å². The molecular formula is C14H17BrClN3. The van der Waals surface area contributed by atoms with Gasteiger partial charge in [0.25, 0.3) is 0 Å². The average Bonchev–Trinajstić information content (AvgIpc) is 2.78. The molecule has 0 spiro atoms. The Morgan fingerprint density at radius 3 is 2.68 bits per heavy atom. The second kappa shape index (κ2) is 5.33. The first-order valence-electron chi connectivity index (χ1n) is 6.74. The molecule has 1 fully saturated rings. The lowest BCUT2D eigenvalue weighted by Crippen LogP contribution is -2.40. The Kier molecular flexibility index (Phi) is 3.72. The van der Waals surface area contributed by atoms with Crippen LogP contribution >= 0.6 is 27.5 Å². The van der Waals surface area contributed by atoms with Crippen molar-refractivity contribution >= 4 is 38.6 Å². The van der Waals surface area contributed by atoms with Crippen LogP contribution in [0.2, 0.25) is 0 Å². The molecule has 5 heteroatoms. The SMILES string of the molecule is CC(Cl)c1nc2ccc(Br)cc2n1N1CCCCC1. The molecule has 3 nitrogen and oxygen atoms in total. The van der Waals surface area contributed by atoms with Crippen LogP contribution in [0.5, 0.6) is 0 Å². The quantitative estimate of drug-likeness (QED) is 0.762. The Balaban J connectivity index is 2.17. The summed E-state index contributed by atoms with van der Waals surface area (Å²) in [5.74, 6) is 0.941. The minimum Gasteiger partial charge on any atom is -0.311 e. The summed E-state index contributed by atoms with van der Waals surface area (Å²) in [7, 11) is 0. The lowest BCUT2D eigenvalue weighted by Gasteiger charge is -2.31. The van der Waals surface area contributed by atoms with Gasteiger partial charge in [0.15, 0.2) is 0 Å². The summed E-state index contributed by atoms with van der Waals surface area (Å²) < 4.78 is 3.30. The molecule has 0 N–H and O–H groups in total. The summed E-state index contributed by atoms with van der Waals surface area (Å²) in [4.78, 5) is 4.70. The Morgan fingerprint density at radius 1 is 1.26 bits per heavy atom. The van der Waals surface area contributed by atoms with E-state index in [1.807, 2.05) is 19.1 Å². The molecule has 2 heterocycles. The number of hydrogen-bond donors (Lipinski definition) is 0. The van der Waals surface area contributed by atoms with E-state index in [-0.39, 0.29) is 5.38 Å². The van der Waals surface area contributed by atoms with Crippen molar-refractivity contribution in [1.29, 1.82) is 0 Å². The van der Waals surface area contributed by atoms with E-state index in [9.17, 15) is 0 Å². The van der Waals surface area contributed by atoms with Gasteiger partial charge in [-0.05, 0) is 44.4 Å². The molecular weight excluding hydrogens is 326 g/mol. The standard InChI is InChI=1S/C14H17BrClN3/c1-10(16)14-17-12-6-5-11(15)9-13(12)19(14)18-7-3-2-4-8-18/h5-6,9-10H,2-4,7-8H2,1H3. The lowest BCUT2D eigenvalue weighted by atomic mass is 10.2. The average molecular weight is 343 g/mol. The number of halogens is 2. The highest BCUT2D eigenvalue weighted by molar-refractivity contribution is 9.10. The minimum absolute atomic E-state index is 0.0897. The Labute approximate surface area is 126 Å². The first-order chi connectivity index (χ1) is 9.16. The van der Waals surface area contributed by atoms with Crippen LogP contribution in [0.4, 0.5) is 0 Å². The van der Waals surface area contributed by atoms with Crippen molar-refractivity contribution < 1.29 is 0 Å². The molecule has 1 aliphatic heterocycles. The minimum atomic E-state index is -0.0897. The molecule has 0 radical (unpaired) electrons. The number of fused-ring (bicyclic) bond motifs is 1. The highest BCUT2D eigenvalue weighted by Gasteiger charge is 2.21. The van der Waals surface area contributed by atoms with Crippen molar-refractivity contribution in [2.75, 3.05) is 18.1 Å². The fraction of sp³-hybridized carbons (Fsp3) is 0.500. The maximum atomic E-state index is 6.32. The van der Waals surface area contributed by atoms with Crippen LogP contribution < -0.4 is 5.01 Å². The molecule has 0 amide bonds. The number of piperidine rings is 1. The topological polar surface area (TPSA) is 21.1 Å². The summed E-state index contributed by atoms with van der Waals surface area (Å²) in [6, 6.07) is 6.20. The molecule has 19 heavy (non-hydrogen) atoms. The molecule has 3 rings (SSSR count). The molecule has 0 bridgehead atoms. The van der Waals surface area contributed by atoms with Crippen LogP contribution in [0.25, 0.3) is 11.0 Å². The summed E-state index contributed by atoms with van der Waals surface area (Å²) in [6.45, 7) is 4.14. The van der Waals surface area contributed by atoms with Crippen molar-refractivity contribution in [1.82, 2.24) is 9.66 Å². The van der Waals surface area contributed by atoms with Crippen LogP contribution in [-0.2, 0) is 0 Å². The van der Waals surface area contributed by atoms with Gasteiger partial charge in [-0.25, -0.2) is 9.66 Å². The third kappa shape index (κ3) is 2.48. The van der Waals surface area contributed by atoms with Crippen LogP contribution in [0, 0.1) is 0 Å².